The molecule has 2 aliphatic heterocycles. The number of piperidine rings is 1. The molecule has 0 unspecified atom stereocenters. The van der Waals surface area contributed by atoms with E-state index in [9.17, 15) is 19.5 Å². The Morgan fingerprint density at radius 3 is 2.56 bits per heavy atom. The van der Waals surface area contributed by atoms with Gasteiger partial charge in [-0.05, 0) is 31.2 Å². The van der Waals surface area contributed by atoms with Crippen molar-refractivity contribution in [3.8, 4) is 0 Å². The maximum absolute atomic E-state index is 13.0. The Morgan fingerprint density at radius 2 is 1.80 bits per heavy atom. The summed E-state index contributed by atoms with van der Waals surface area (Å²) in [5.41, 5.74) is 1.02. The second kappa shape index (κ2) is 6.17. The molecule has 1 aliphatic carbocycles. The Hall–Kier alpha value is -2.37. The van der Waals surface area contributed by atoms with Crippen LogP contribution < -0.4 is 5.56 Å². The van der Waals surface area contributed by atoms with Gasteiger partial charge < -0.3 is 14.6 Å². The molecular formula is C19H22N2O4. The molecule has 6 nitrogen and oxygen atoms in total. The van der Waals surface area contributed by atoms with Crippen LogP contribution in [-0.4, -0.2) is 39.5 Å². The zero-order valence-corrected chi connectivity index (χ0v) is 14.0. The summed E-state index contributed by atoms with van der Waals surface area (Å²) in [6.45, 7) is 1.83. The maximum atomic E-state index is 13.0. The number of aromatic nitrogens is 1. The summed E-state index contributed by atoms with van der Waals surface area (Å²) in [4.78, 5) is 38.5. The van der Waals surface area contributed by atoms with E-state index in [4.69, 9.17) is 0 Å². The van der Waals surface area contributed by atoms with Crippen LogP contribution in [0.4, 0.5) is 0 Å². The van der Waals surface area contributed by atoms with E-state index in [0.29, 0.717) is 32.5 Å². The normalized spacial score (nSPS) is 30.6. The fourth-order valence-electron chi connectivity index (χ4n) is 4.67. The van der Waals surface area contributed by atoms with Crippen LogP contribution in [-0.2, 0) is 16.1 Å². The van der Waals surface area contributed by atoms with Crippen LogP contribution in [0.1, 0.15) is 30.9 Å². The van der Waals surface area contributed by atoms with Gasteiger partial charge in [-0.25, -0.2) is 0 Å². The monoisotopic (exact) mass is 342 g/mol. The van der Waals surface area contributed by atoms with Gasteiger partial charge in [-0.2, -0.15) is 0 Å². The van der Waals surface area contributed by atoms with Crippen molar-refractivity contribution in [1.82, 2.24) is 9.47 Å². The van der Waals surface area contributed by atoms with Crippen molar-refractivity contribution in [1.29, 1.82) is 0 Å². The number of aliphatic carboxylic acids is 1. The van der Waals surface area contributed by atoms with Gasteiger partial charge in [0.05, 0.1) is 11.8 Å². The van der Waals surface area contributed by atoms with E-state index in [-0.39, 0.29) is 23.3 Å². The average molecular weight is 342 g/mol. The number of amides is 1. The number of hydrogen-bond acceptors (Lipinski definition) is 3. The molecule has 6 heteroatoms. The van der Waals surface area contributed by atoms with E-state index in [1.165, 1.54) is 0 Å². The van der Waals surface area contributed by atoms with Gasteiger partial charge in [-0.15, -0.1) is 0 Å². The molecule has 3 aliphatic rings. The topological polar surface area (TPSA) is 79.6 Å². The molecule has 132 valence electrons. The molecule has 1 fully saturated rings. The number of likely N-dealkylation sites (tertiary alicyclic amines) is 1. The Balaban J connectivity index is 1.58. The third-order valence-electron chi connectivity index (χ3n) is 5.86. The zero-order valence-electron chi connectivity index (χ0n) is 14.0. The van der Waals surface area contributed by atoms with Gasteiger partial charge in [-0.3, -0.25) is 14.4 Å². The van der Waals surface area contributed by atoms with Gasteiger partial charge in [-0.1, -0.05) is 18.2 Å². The number of carbonyl (C=O) groups excluding carboxylic acids is 1. The van der Waals surface area contributed by atoms with Crippen LogP contribution in [0.25, 0.3) is 0 Å². The Labute approximate surface area is 145 Å². The zero-order chi connectivity index (χ0) is 17.6. The van der Waals surface area contributed by atoms with Crippen molar-refractivity contribution < 1.29 is 14.7 Å². The molecule has 4 atom stereocenters. The van der Waals surface area contributed by atoms with Gasteiger partial charge in [0.1, 0.15) is 0 Å². The molecule has 1 saturated heterocycles. The van der Waals surface area contributed by atoms with Crippen molar-refractivity contribution in [2.45, 2.75) is 31.7 Å². The predicted molar refractivity (Wildman–Crippen MR) is 91.1 cm³/mol. The SMILES string of the molecule is O=C(O)[C@H]1CC=CC[C@@H]1C(=O)N1C[C@@H]2C[C@@H](C1)c1cccc(=O)n1C2. The molecule has 0 saturated carbocycles. The summed E-state index contributed by atoms with van der Waals surface area (Å²) in [6.07, 6.45) is 5.68. The van der Waals surface area contributed by atoms with Gasteiger partial charge in [0.2, 0.25) is 5.91 Å². The molecule has 2 bridgehead atoms. The number of hydrogen-bond donors (Lipinski definition) is 1. The first-order chi connectivity index (χ1) is 12.0. The average Bonchev–Trinajstić information content (AvgIpc) is 2.62. The first-order valence-electron chi connectivity index (χ1n) is 8.91. The summed E-state index contributed by atoms with van der Waals surface area (Å²) < 4.78 is 1.84. The van der Waals surface area contributed by atoms with Gasteiger partial charge >= 0.3 is 5.97 Å². The summed E-state index contributed by atoms with van der Waals surface area (Å²) in [7, 11) is 0. The highest BCUT2D eigenvalue weighted by Gasteiger charge is 2.41. The van der Waals surface area contributed by atoms with Crippen molar-refractivity contribution in [3.05, 3.63) is 46.4 Å². The first-order valence-corrected chi connectivity index (χ1v) is 8.91. The van der Waals surface area contributed by atoms with Crippen LogP contribution in [0.2, 0.25) is 0 Å². The number of carboxylic acid groups (broad SMARTS) is 1. The number of allylic oxidation sites excluding steroid dienone is 2. The molecule has 1 amide bonds. The number of pyridine rings is 1. The molecule has 4 rings (SSSR count). The highest BCUT2D eigenvalue weighted by atomic mass is 16.4. The quantitative estimate of drug-likeness (QED) is 0.825. The fraction of sp³-hybridized carbons (Fsp3) is 0.526. The van der Waals surface area contributed by atoms with Crippen molar-refractivity contribution in [2.75, 3.05) is 13.1 Å². The van der Waals surface area contributed by atoms with E-state index in [0.717, 1.165) is 12.1 Å². The second-order valence-corrected chi connectivity index (χ2v) is 7.44. The largest absolute Gasteiger partial charge is 0.481 e. The summed E-state index contributed by atoms with van der Waals surface area (Å²) in [5, 5.41) is 9.44. The van der Waals surface area contributed by atoms with E-state index >= 15 is 0 Å². The van der Waals surface area contributed by atoms with Crippen LogP contribution in [0.15, 0.2) is 35.1 Å². The maximum Gasteiger partial charge on any atom is 0.307 e. The minimum atomic E-state index is -0.892. The molecule has 1 aromatic rings. The lowest BCUT2D eigenvalue weighted by atomic mass is 9.79. The van der Waals surface area contributed by atoms with Gasteiger partial charge in [0, 0.05) is 37.3 Å². The molecule has 25 heavy (non-hydrogen) atoms. The summed E-state index contributed by atoms with van der Waals surface area (Å²) in [6, 6.07) is 5.33. The van der Waals surface area contributed by atoms with Crippen LogP contribution >= 0.6 is 0 Å². The lowest BCUT2D eigenvalue weighted by Gasteiger charge is -2.44. The molecule has 3 heterocycles. The molecule has 1 aromatic heterocycles. The van der Waals surface area contributed by atoms with Crippen LogP contribution in [0, 0.1) is 17.8 Å². The van der Waals surface area contributed by atoms with Crippen molar-refractivity contribution >= 4 is 11.9 Å². The highest BCUT2D eigenvalue weighted by Crippen LogP contribution is 2.37. The Kier molecular flexibility index (Phi) is 3.98. The molecule has 1 N–H and O–H groups in total. The number of fused-ring (bicyclic) bond motifs is 4. The van der Waals surface area contributed by atoms with E-state index < -0.39 is 17.8 Å². The first kappa shape index (κ1) is 16.1. The molecule has 0 radical (unpaired) electrons. The minimum absolute atomic E-state index is 0.0235. The Bertz CT molecular complexity index is 797. The number of rotatable bonds is 2. The van der Waals surface area contributed by atoms with Crippen LogP contribution in [0.3, 0.4) is 0 Å². The van der Waals surface area contributed by atoms with Gasteiger partial charge in [0.25, 0.3) is 5.56 Å². The summed E-state index contributed by atoms with van der Waals surface area (Å²) >= 11 is 0. The van der Waals surface area contributed by atoms with Crippen molar-refractivity contribution in [3.63, 3.8) is 0 Å². The highest BCUT2D eigenvalue weighted by molar-refractivity contribution is 5.85. The number of carboxylic acids is 1. The number of carbonyl (C=O) groups is 2. The van der Waals surface area contributed by atoms with Crippen LogP contribution in [0.5, 0.6) is 0 Å². The van der Waals surface area contributed by atoms with E-state index in [1.54, 1.807) is 12.1 Å². The second-order valence-electron chi connectivity index (χ2n) is 7.44. The minimum Gasteiger partial charge on any atom is -0.481 e. The third-order valence-corrected chi connectivity index (χ3v) is 5.86. The van der Waals surface area contributed by atoms with E-state index in [2.05, 4.69) is 0 Å². The Morgan fingerprint density at radius 1 is 1.04 bits per heavy atom. The lowest BCUT2D eigenvalue weighted by Crippen LogP contribution is -2.51. The van der Waals surface area contributed by atoms with E-state index in [1.807, 2.05) is 27.7 Å². The summed E-state index contributed by atoms with van der Waals surface area (Å²) in [5.74, 6) is -1.62. The van der Waals surface area contributed by atoms with Crippen molar-refractivity contribution in [2.24, 2.45) is 17.8 Å². The molecular weight excluding hydrogens is 320 g/mol. The third kappa shape index (κ3) is 2.79. The standard InChI is InChI=1S/C19H22N2O4/c22-17-7-3-6-16-13-8-12(10-21(16)17)9-20(11-13)18(23)14-4-1-2-5-15(14)19(24)25/h1-3,6-7,12-15H,4-5,8-11H2,(H,24,25)/t12-,13-,14-,15-/m0/s1. The molecule has 0 spiro atoms. The smallest absolute Gasteiger partial charge is 0.307 e. The predicted octanol–water partition coefficient (Wildman–Crippen LogP) is 1.46. The lowest BCUT2D eigenvalue weighted by molar-refractivity contribution is -0.151. The number of nitrogens with zero attached hydrogens (tertiary/aromatic N) is 2. The van der Waals surface area contributed by atoms with Gasteiger partial charge in [0.15, 0.2) is 0 Å². The fourth-order valence-corrected chi connectivity index (χ4v) is 4.67. The molecule has 0 aromatic carbocycles.